The van der Waals surface area contributed by atoms with Gasteiger partial charge in [-0.3, -0.25) is 0 Å². The average Bonchev–Trinajstić information content (AvgIpc) is 2.59. The number of aromatic hydroxyl groups is 1. The lowest BCUT2D eigenvalue weighted by Gasteiger charge is -2.17. The maximum Gasteiger partial charge on any atom is 0.191 e. The third-order valence-corrected chi connectivity index (χ3v) is 3.73. The van der Waals surface area contributed by atoms with Gasteiger partial charge in [0.25, 0.3) is 0 Å². The van der Waals surface area contributed by atoms with Gasteiger partial charge in [0, 0.05) is 18.7 Å². The first-order valence-electron chi connectivity index (χ1n) is 9.04. The zero-order valence-electron chi connectivity index (χ0n) is 16.5. The molecule has 0 saturated carbocycles. The van der Waals surface area contributed by atoms with Gasteiger partial charge in [0.1, 0.15) is 11.5 Å². The summed E-state index contributed by atoms with van der Waals surface area (Å²) in [4.78, 5) is 4.61. The maximum atomic E-state index is 9.36. The number of phenols is 1. The first kappa shape index (κ1) is 23.1. The quantitative estimate of drug-likeness (QED) is 0.311. The summed E-state index contributed by atoms with van der Waals surface area (Å²) in [5, 5.41) is 16.0. The molecule has 2 aromatic rings. The molecule has 0 heterocycles. The van der Waals surface area contributed by atoms with Crippen molar-refractivity contribution in [3.05, 3.63) is 59.2 Å². The minimum Gasteiger partial charge on any atom is -0.508 e. The second kappa shape index (κ2) is 11.7. The lowest BCUT2D eigenvalue weighted by Crippen LogP contribution is -2.36. The smallest absolute Gasteiger partial charge is 0.191 e. The van der Waals surface area contributed by atoms with Gasteiger partial charge in [-0.25, -0.2) is 4.99 Å². The van der Waals surface area contributed by atoms with Gasteiger partial charge < -0.3 is 20.5 Å². The van der Waals surface area contributed by atoms with Crippen molar-refractivity contribution in [2.75, 3.05) is 6.54 Å². The first-order valence-corrected chi connectivity index (χ1v) is 9.04. The Kier molecular flexibility index (Phi) is 9.99. The molecule has 0 bridgehead atoms. The Balaban J connectivity index is 0.00000364. The van der Waals surface area contributed by atoms with Crippen LogP contribution in [0.4, 0.5) is 0 Å². The highest BCUT2D eigenvalue weighted by molar-refractivity contribution is 14.0. The Hall–Kier alpha value is -1.96. The Labute approximate surface area is 179 Å². The van der Waals surface area contributed by atoms with E-state index in [1.807, 2.05) is 32.9 Å². The van der Waals surface area contributed by atoms with Crippen molar-refractivity contribution >= 4 is 29.9 Å². The summed E-state index contributed by atoms with van der Waals surface area (Å²) in [6, 6.07) is 13.3. The summed E-state index contributed by atoms with van der Waals surface area (Å²) in [6.07, 6.45) is 0.131. The van der Waals surface area contributed by atoms with E-state index in [1.54, 1.807) is 12.1 Å². The second-order valence-corrected chi connectivity index (χ2v) is 6.49. The third kappa shape index (κ3) is 8.07. The SMILES string of the molecule is CCNC(=NCc1ccc(O)cc1)NCc1ccc(C)cc1OC(C)C.I. The van der Waals surface area contributed by atoms with Gasteiger partial charge in [-0.05, 0) is 57.0 Å². The van der Waals surface area contributed by atoms with Gasteiger partial charge in [-0.15, -0.1) is 24.0 Å². The normalized spacial score (nSPS) is 11.1. The van der Waals surface area contributed by atoms with Crippen LogP contribution in [0.2, 0.25) is 0 Å². The number of aliphatic imine (C=N–C) groups is 1. The topological polar surface area (TPSA) is 65.9 Å². The van der Waals surface area contributed by atoms with Crippen LogP contribution >= 0.6 is 24.0 Å². The highest BCUT2D eigenvalue weighted by Crippen LogP contribution is 2.21. The summed E-state index contributed by atoms with van der Waals surface area (Å²) >= 11 is 0. The summed E-state index contributed by atoms with van der Waals surface area (Å²) in [5.74, 6) is 1.92. The zero-order valence-corrected chi connectivity index (χ0v) is 18.8. The summed E-state index contributed by atoms with van der Waals surface area (Å²) in [5.41, 5.74) is 3.32. The minimum absolute atomic E-state index is 0. The summed E-state index contributed by atoms with van der Waals surface area (Å²) in [6.45, 7) is 10.1. The largest absolute Gasteiger partial charge is 0.508 e. The van der Waals surface area contributed by atoms with Crippen molar-refractivity contribution in [1.29, 1.82) is 0 Å². The number of nitrogens with zero attached hydrogens (tertiary/aromatic N) is 1. The van der Waals surface area contributed by atoms with E-state index in [1.165, 1.54) is 5.56 Å². The molecule has 2 aromatic carbocycles. The van der Waals surface area contributed by atoms with Gasteiger partial charge in [0.2, 0.25) is 0 Å². The molecule has 0 amide bonds. The Morgan fingerprint density at radius 2 is 1.81 bits per heavy atom. The van der Waals surface area contributed by atoms with E-state index in [0.717, 1.165) is 29.4 Å². The standard InChI is InChI=1S/C21H29N3O2.HI/c1-5-22-21(23-13-17-7-10-19(25)11-8-17)24-14-18-9-6-16(4)12-20(18)26-15(2)3;/h6-12,15,25H,5,13-14H2,1-4H3,(H2,22,23,24);1H. The van der Waals surface area contributed by atoms with Crippen molar-refractivity contribution in [3.63, 3.8) is 0 Å². The van der Waals surface area contributed by atoms with Crippen LogP contribution in [-0.2, 0) is 13.1 Å². The fourth-order valence-corrected chi connectivity index (χ4v) is 2.46. The second-order valence-electron chi connectivity index (χ2n) is 6.49. The van der Waals surface area contributed by atoms with Gasteiger partial charge >= 0.3 is 0 Å². The highest BCUT2D eigenvalue weighted by atomic mass is 127. The molecule has 148 valence electrons. The Morgan fingerprint density at radius 3 is 2.44 bits per heavy atom. The number of nitrogens with one attached hydrogen (secondary N) is 2. The number of ether oxygens (including phenoxy) is 1. The molecule has 0 aliphatic heterocycles. The van der Waals surface area contributed by atoms with Crippen LogP contribution in [-0.4, -0.2) is 23.7 Å². The van der Waals surface area contributed by atoms with Crippen LogP contribution in [0.15, 0.2) is 47.5 Å². The predicted molar refractivity (Wildman–Crippen MR) is 122 cm³/mol. The number of hydrogen-bond donors (Lipinski definition) is 3. The Bertz CT molecular complexity index is 731. The fourth-order valence-electron chi connectivity index (χ4n) is 2.46. The third-order valence-electron chi connectivity index (χ3n) is 3.73. The minimum atomic E-state index is 0. The average molecular weight is 483 g/mol. The molecule has 2 rings (SSSR count). The molecule has 0 radical (unpaired) electrons. The van der Waals surface area contributed by atoms with Crippen LogP contribution in [0.5, 0.6) is 11.5 Å². The molecule has 6 heteroatoms. The number of hydrogen-bond acceptors (Lipinski definition) is 3. The van der Waals surface area contributed by atoms with Crippen molar-refractivity contribution in [2.45, 2.75) is 46.9 Å². The van der Waals surface area contributed by atoms with Gasteiger partial charge in [-0.2, -0.15) is 0 Å². The molecule has 0 fully saturated rings. The molecule has 0 spiro atoms. The number of benzene rings is 2. The molecule has 0 saturated heterocycles. The number of halogens is 1. The van der Waals surface area contributed by atoms with E-state index in [0.29, 0.717) is 13.1 Å². The molecular weight excluding hydrogens is 453 g/mol. The predicted octanol–water partition coefficient (Wildman–Crippen LogP) is 4.36. The van der Waals surface area contributed by atoms with Gasteiger partial charge in [-0.1, -0.05) is 24.3 Å². The van der Waals surface area contributed by atoms with E-state index in [-0.39, 0.29) is 35.8 Å². The lowest BCUT2D eigenvalue weighted by atomic mass is 10.1. The van der Waals surface area contributed by atoms with E-state index in [9.17, 15) is 5.11 Å². The highest BCUT2D eigenvalue weighted by Gasteiger charge is 2.07. The number of aryl methyl sites for hydroxylation is 1. The van der Waals surface area contributed by atoms with Crippen LogP contribution in [0.3, 0.4) is 0 Å². The van der Waals surface area contributed by atoms with Crippen molar-refractivity contribution in [1.82, 2.24) is 10.6 Å². The van der Waals surface area contributed by atoms with Crippen LogP contribution in [0.1, 0.15) is 37.5 Å². The van der Waals surface area contributed by atoms with Gasteiger partial charge in [0.05, 0.1) is 12.6 Å². The molecule has 0 aromatic heterocycles. The van der Waals surface area contributed by atoms with Gasteiger partial charge in [0.15, 0.2) is 5.96 Å². The van der Waals surface area contributed by atoms with Crippen molar-refractivity contribution in [3.8, 4) is 11.5 Å². The molecule has 27 heavy (non-hydrogen) atoms. The Morgan fingerprint density at radius 1 is 1.11 bits per heavy atom. The molecule has 0 aliphatic carbocycles. The van der Waals surface area contributed by atoms with Crippen LogP contribution in [0.25, 0.3) is 0 Å². The van der Waals surface area contributed by atoms with Crippen molar-refractivity contribution in [2.24, 2.45) is 4.99 Å². The fraction of sp³-hybridized carbons (Fsp3) is 0.381. The summed E-state index contributed by atoms with van der Waals surface area (Å²) in [7, 11) is 0. The van der Waals surface area contributed by atoms with E-state index in [4.69, 9.17) is 4.74 Å². The van der Waals surface area contributed by atoms with E-state index in [2.05, 4.69) is 40.7 Å². The van der Waals surface area contributed by atoms with Crippen molar-refractivity contribution < 1.29 is 9.84 Å². The molecule has 0 unspecified atom stereocenters. The number of rotatable bonds is 7. The lowest BCUT2D eigenvalue weighted by molar-refractivity contribution is 0.239. The summed E-state index contributed by atoms with van der Waals surface area (Å²) < 4.78 is 5.93. The first-order chi connectivity index (χ1) is 12.5. The number of phenolic OH excluding ortho intramolecular Hbond substituents is 1. The molecule has 0 atom stereocenters. The monoisotopic (exact) mass is 483 g/mol. The maximum absolute atomic E-state index is 9.36. The molecule has 0 aliphatic rings. The van der Waals surface area contributed by atoms with Crippen LogP contribution in [0, 0.1) is 6.92 Å². The van der Waals surface area contributed by atoms with E-state index >= 15 is 0 Å². The molecular formula is C21H30IN3O2. The molecule has 5 nitrogen and oxygen atoms in total. The zero-order chi connectivity index (χ0) is 18.9. The van der Waals surface area contributed by atoms with E-state index < -0.39 is 0 Å². The number of guanidine groups is 1. The molecule has 3 N–H and O–H groups in total. The van der Waals surface area contributed by atoms with Crippen LogP contribution < -0.4 is 15.4 Å².